The number of ether oxygens (including phenoxy) is 1. The van der Waals surface area contributed by atoms with Gasteiger partial charge in [-0.25, -0.2) is 4.98 Å². The Morgan fingerprint density at radius 1 is 0.967 bits per heavy atom. The molecule has 5 rings (SSSR count). The van der Waals surface area contributed by atoms with Crippen molar-refractivity contribution >= 4 is 10.9 Å². The van der Waals surface area contributed by atoms with Gasteiger partial charge in [-0.1, -0.05) is 30.3 Å². The third kappa shape index (κ3) is 3.50. The Labute approximate surface area is 174 Å². The number of nitrogens with one attached hydrogen (secondary N) is 2. The third-order valence-electron chi connectivity index (χ3n) is 5.37. The quantitative estimate of drug-likeness (QED) is 0.354. The first kappa shape index (κ1) is 18.3. The van der Waals surface area contributed by atoms with Gasteiger partial charge in [0, 0.05) is 35.3 Å². The standard InChI is InChI=1S/C25H23N3O2/c1-29-19-9-4-7-17(15-19)25-24(22-12-6-14-26-22)28-23(30-25)13-5-8-18-16-27-21-11-3-2-10-20(18)21/h2-4,6-7,9-12,14-16,26-27H,5,8,13H2,1H3. The predicted octanol–water partition coefficient (Wildman–Crippen LogP) is 6.00. The largest absolute Gasteiger partial charge is 0.497 e. The first-order valence-electron chi connectivity index (χ1n) is 10.1. The number of oxazole rings is 1. The Morgan fingerprint density at radius 3 is 2.77 bits per heavy atom. The summed E-state index contributed by atoms with van der Waals surface area (Å²) in [6.07, 6.45) is 6.71. The Kier molecular flexibility index (Phi) is 4.85. The highest BCUT2D eigenvalue weighted by Gasteiger charge is 2.18. The molecule has 0 aliphatic rings. The van der Waals surface area contributed by atoms with Gasteiger partial charge in [0.2, 0.25) is 0 Å². The molecule has 3 heterocycles. The number of benzene rings is 2. The summed E-state index contributed by atoms with van der Waals surface area (Å²) in [5.74, 6) is 2.30. The molecule has 0 fully saturated rings. The van der Waals surface area contributed by atoms with E-state index in [1.807, 2.05) is 42.6 Å². The Morgan fingerprint density at radius 2 is 1.90 bits per heavy atom. The lowest BCUT2D eigenvalue weighted by atomic mass is 10.1. The minimum absolute atomic E-state index is 0.747. The molecule has 0 aliphatic carbocycles. The summed E-state index contributed by atoms with van der Waals surface area (Å²) < 4.78 is 11.6. The monoisotopic (exact) mass is 397 g/mol. The fraction of sp³-hybridized carbons (Fsp3) is 0.160. The summed E-state index contributed by atoms with van der Waals surface area (Å²) in [7, 11) is 1.67. The highest BCUT2D eigenvalue weighted by molar-refractivity contribution is 5.83. The van der Waals surface area contributed by atoms with Crippen molar-refractivity contribution in [1.29, 1.82) is 0 Å². The fourth-order valence-corrected chi connectivity index (χ4v) is 3.86. The summed E-state index contributed by atoms with van der Waals surface area (Å²) in [5, 5.41) is 1.29. The number of fused-ring (bicyclic) bond motifs is 1. The SMILES string of the molecule is COc1cccc(-c2oc(CCCc3c[nH]c4ccccc34)nc2-c2ccc[nH]2)c1. The van der Waals surface area contributed by atoms with E-state index in [-0.39, 0.29) is 0 Å². The second-order valence-corrected chi connectivity index (χ2v) is 7.31. The van der Waals surface area contributed by atoms with Crippen molar-refractivity contribution in [3.05, 3.63) is 84.5 Å². The number of aromatic amines is 2. The number of nitrogens with zero attached hydrogens (tertiary/aromatic N) is 1. The first-order valence-corrected chi connectivity index (χ1v) is 10.1. The van der Waals surface area contributed by atoms with E-state index < -0.39 is 0 Å². The number of rotatable bonds is 7. The first-order chi connectivity index (χ1) is 14.8. The van der Waals surface area contributed by atoms with Gasteiger partial charge in [-0.2, -0.15) is 0 Å². The van der Waals surface area contributed by atoms with Crippen LogP contribution in [0.1, 0.15) is 17.9 Å². The zero-order valence-corrected chi connectivity index (χ0v) is 16.8. The van der Waals surface area contributed by atoms with Gasteiger partial charge in [0.1, 0.15) is 11.4 Å². The van der Waals surface area contributed by atoms with E-state index in [1.54, 1.807) is 7.11 Å². The lowest BCUT2D eigenvalue weighted by Gasteiger charge is -2.03. The van der Waals surface area contributed by atoms with E-state index in [4.69, 9.17) is 14.1 Å². The lowest BCUT2D eigenvalue weighted by molar-refractivity contribution is 0.414. The van der Waals surface area contributed by atoms with E-state index in [0.717, 1.165) is 53.6 Å². The molecular formula is C25H23N3O2. The van der Waals surface area contributed by atoms with Gasteiger partial charge in [0.05, 0.1) is 12.8 Å². The van der Waals surface area contributed by atoms with Crippen LogP contribution in [-0.2, 0) is 12.8 Å². The summed E-state index contributed by atoms with van der Waals surface area (Å²) in [6.45, 7) is 0. The minimum atomic E-state index is 0.747. The third-order valence-corrected chi connectivity index (χ3v) is 5.37. The van der Waals surface area contributed by atoms with Crippen LogP contribution in [0.4, 0.5) is 0 Å². The van der Waals surface area contributed by atoms with Gasteiger partial charge in [-0.15, -0.1) is 0 Å². The maximum absolute atomic E-state index is 6.24. The molecular weight excluding hydrogens is 374 g/mol. The van der Waals surface area contributed by atoms with Crippen LogP contribution in [0.25, 0.3) is 33.6 Å². The molecule has 0 saturated heterocycles. The van der Waals surface area contributed by atoms with Crippen molar-refractivity contribution in [3.8, 4) is 28.5 Å². The normalized spacial score (nSPS) is 11.2. The molecule has 2 aromatic carbocycles. The van der Waals surface area contributed by atoms with Gasteiger partial charge >= 0.3 is 0 Å². The zero-order chi connectivity index (χ0) is 20.3. The number of hydrogen-bond donors (Lipinski definition) is 2. The van der Waals surface area contributed by atoms with E-state index in [9.17, 15) is 0 Å². The second kappa shape index (κ2) is 7.95. The van der Waals surface area contributed by atoms with E-state index in [1.165, 1.54) is 16.5 Å². The number of methoxy groups -OCH3 is 1. The molecule has 0 saturated carbocycles. The molecule has 30 heavy (non-hydrogen) atoms. The highest BCUT2D eigenvalue weighted by atomic mass is 16.5. The van der Waals surface area contributed by atoms with E-state index in [0.29, 0.717) is 0 Å². The second-order valence-electron chi connectivity index (χ2n) is 7.31. The molecule has 0 unspecified atom stereocenters. The average Bonchev–Trinajstić information content (AvgIpc) is 3.54. The summed E-state index contributed by atoms with van der Waals surface area (Å²) >= 11 is 0. The van der Waals surface area contributed by atoms with Crippen molar-refractivity contribution in [1.82, 2.24) is 15.0 Å². The molecule has 0 amide bonds. The van der Waals surface area contributed by atoms with Crippen molar-refractivity contribution in [2.24, 2.45) is 0 Å². The number of aromatic nitrogens is 3. The molecule has 0 radical (unpaired) electrons. The number of hydrogen-bond acceptors (Lipinski definition) is 3. The van der Waals surface area contributed by atoms with Gasteiger partial charge < -0.3 is 19.1 Å². The van der Waals surface area contributed by atoms with Crippen molar-refractivity contribution in [2.45, 2.75) is 19.3 Å². The molecule has 0 aliphatic heterocycles. The number of para-hydroxylation sites is 1. The minimum Gasteiger partial charge on any atom is -0.497 e. The summed E-state index contributed by atoms with van der Waals surface area (Å²) in [5.41, 5.74) is 5.23. The molecule has 2 N–H and O–H groups in total. The molecule has 3 aromatic heterocycles. The molecule has 0 spiro atoms. The van der Waals surface area contributed by atoms with Crippen molar-refractivity contribution in [2.75, 3.05) is 7.11 Å². The summed E-state index contributed by atoms with van der Waals surface area (Å²) in [4.78, 5) is 11.4. The Hall–Kier alpha value is -3.73. The Bertz CT molecular complexity index is 1260. The number of aryl methyl sites for hydroxylation is 2. The van der Waals surface area contributed by atoms with Crippen LogP contribution in [0.5, 0.6) is 5.75 Å². The molecule has 150 valence electrons. The highest BCUT2D eigenvalue weighted by Crippen LogP contribution is 2.34. The topological polar surface area (TPSA) is 66.8 Å². The van der Waals surface area contributed by atoms with E-state index in [2.05, 4.69) is 40.4 Å². The van der Waals surface area contributed by atoms with Gasteiger partial charge in [-0.05, 0) is 48.7 Å². The van der Waals surface area contributed by atoms with Crippen LogP contribution in [-0.4, -0.2) is 22.1 Å². The molecule has 5 heteroatoms. The number of H-pyrrole nitrogens is 2. The van der Waals surface area contributed by atoms with Crippen molar-refractivity contribution in [3.63, 3.8) is 0 Å². The van der Waals surface area contributed by atoms with E-state index >= 15 is 0 Å². The maximum atomic E-state index is 6.24. The van der Waals surface area contributed by atoms with Crippen LogP contribution in [0.3, 0.4) is 0 Å². The summed E-state index contributed by atoms with van der Waals surface area (Å²) in [6, 6.07) is 20.3. The van der Waals surface area contributed by atoms with Gasteiger partial charge in [0.15, 0.2) is 11.7 Å². The van der Waals surface area contributed by atoms with Crippen LogP contribution < -0.4 is 4.74 Å². The lowest BCUT2D eigenvalue weighted by Crippen LogP contribution is -1.90. The van der Waals surface area contributed by atoms with Crippen LogP contribution in [0, 0.1) is 0 Å². The fourth-order valence-electron chi connectivity index (χ4n) is 3.86. The van der Waals surface area contributed by atoms with Crippen LogP contribution >= 0.6 is 0 Å². The van der Waals surface area contributed by atoms with Crippen LogP contribution in [0.2, 0.25) is 0 Å². The van der Waals surface area contributed by atoms with Crippen molar-refractivity contribution < 1.29 is 9.15 Å². The molecule has 0 bridgehead atoms. The molecule has 0 atom stereocenters. The maximum Gasteiger partial charge on any atom is 0.195 e. The van der Waals surface area contributed by atoms with Gasteiger partial charge in [-0.3, -0.25) is 0 Å². The average molecular weight is 397 g/mol. The Balaban J connectivity index is 1.40. The molecule has 5 nitrogen and oxygen atoms in total. The van der Waals surface area contributed by atoms with Crippen LogP contribution in [0.15, 0.2) is 77.5 Å². The smallest absolute Gasteiger partial charge is 0.195 e. The van der Waals surface area contributed by atoms with Gasteiger partial charge in [0.25, 0.3) is 0 Å². The molecule has 5 aromatic rings. The zero-order valence-electron chi connectivity index (χ0n) is 16.8. The predicted molar refractivity (Wildman–Crippen MR) is 119 cm³/mol.